The van der Waals surface area contributed by atoms with Crippen LogP contribution >= 0.6 is 46.6 Å². The molecule has 0 unspecified atom stereocenters. The molecule has 4 nitrogen and oxygen atoms in total. The van der Waals surface area contributed by atoms with E-state index >= 15 is 0 Å². The summed E-state index contributed by atoms with van der Waals surface area (Å²) in [5.41, 5.74) is 2.58. The second-order valence-corrected chi connectivity index (χ2v) is 10.7. The van der Waals surface area contributed by atoms with E-state index in [-0.39, 0.29) is 5.91 Å². The third-order valence-electron chi connectivity index (χ3n) is 5.05. The maximum Gasteiger partial charge on any atom is 0.266 e. The number of thioether (sulfide) groups is 1. The number of hydrogen-bond acceptors (Lipinski definition) is 4. The lowest BCUT2D eigenvalue weighted by atomic mass is 10.2. The van der Waals surface area contributed by atoms with Gasteiger partial charge in [-0.25, -0.2) is 4.99 Å². The normalized spacial score (nSPS) is 16.1. The maximum atomic E-state index is 13.2. The molecule has 1 amide bonds. The van der Waals surface area contributed by atoms with E-state index in [1.807, 2.05) is 48.5 Å². The van der Waals surface area contributed by atoms with Crippen LogP contribution in [0.2, 0.25) is 15.1 Å². The molecule has 0 atom stereocenters. The molecular formula is C27H23Cl3N2O2S. The molecular weight excluding hydrogens is 523 g/mol. The lowest BCUT2D eigenvalue weighted by Gasteiger charge is -2.17. The minimum absolute atomic E-state index is 0.0450. The van der Waals surface area contributed by atoms with Crippen LogP contribution in [0.3, 0.4) is 0 Å². The second-order valence-electron chi connectivity index (χ2n) is 8.40. The van der Waals surface area contributed by atoms with Crippen LogP contribution in [-0.4, -0.2) is 22.5 Å². The number of benzene rings is 3. The van der Waals surface area contributed by atoms with E-state index in [0.29, 0.717) is 44.2 Å². The first-order valence-electron chi connectivity index (χ1n) is 11.0. The summed E-state index contributed by atoms with van der Waals surface area (Å²) in [7, 11) is 0. The van der Waals surface area contributed by atoms with Gasteiger partial charge in [0.2, 0.25) is 0 Å². The Morgan fingerprint density at radius 2 is 1.69 bits per heavy atom. The molecule has 0 radical (unpaired) electrons. The molecule has 35 heavy (non-hydrogen) atoms. The highest BCUT2D eigenvalue weighted by Gasteiger charge is 2.33. The van der Waals surface area contributed by atoms with Gasteiger partial charge >= 0.3 is 0 Å². The molecule has 3 aromatic rings. The van der Waals surface area contributed by atoms with E-state index in [1.54, 1.807) is 29.2 Å². The van der Waals surface area contributed by atoms with Crippen LogP contribution in [-0.2, 0) is 11.4 Å². The van der Waals surface area contributed by atoms with Crippen molar-refractivity contribution in [3.05, 3.63) is 97.8 Å². The third kappa shape index (κ3) is 6.83. The summed E-state index contributed by atoms with van der Waals surface area (Å²) < 4.78 is 5.85. The predicted molar refractivity (Wildman–Crippen MR) is 148 cm³/mol. The highest BCUT2D eigenvalue weighted by atomic mass is 35.5. The molecule has 0 aromatic heterocycles. The van der Waals surface area contributed by atoms with E-state index in [9.17, 15) is 4.79 Å². The Morgan fingerprint density at radius 3 is 2.34 bits per heavy atom. The lowest BCUT2D eigenvalue weighted by Crippen LogP contribution is -2.32. The zero-order valence-corrected chi connectivity index (χ0v) is 22.3. The van der Waals surface area contributed by atoms with Gasteiger partial charge in [-0.15, -0.1) is 0 Å². The SMILES string of the molecule is CC(C)CN1C(=O)/C(=C/c2ccc(OCc3ccc(Cl)c(Cl)c3)cc2)SC1=Nc1ccc(Cl)cc1. The summed E-state index contributed by atoms with van der Waals surface area (Å²) in [6.07, 6.45) is 1.88. The zero-order valence-electron chi connectivity index (χ0n) is 19.2. The van der Waals surface area contributed by atoms with Gasteiger partial charge in [-0.2, -0.15) is 0 Å². The number of nitrogens with zero attached hydrogens (tertiary/aromatic N) is 2. The van der Waals surface area contributed by atoms with Gasteiger partial charge in [0, 0.05) is 11.6 Å². The molecule has 1 fully saturated rings. The van der Waals surface area contributed by atoms with Crippen molar-refractivity contribution in [2.45, 2.75) is 20.5 Å². The van der Waals surface area contributed by atoms with Gasteiger partial charge in [0.1, 0.15) is 12.4 Å². The van der Waals surface area contributed by atoms with Crippen LogP contribution in [0.1, 0.15) is 25.0 Å². The van der Waals surface area contributed by atoms with E-state index in [2.05, 4.69) is 13.8 Å². The minimum Gasteiger partial charge on any atom is -0.489 e. The van der Waals surface area contributed by atoms with Gasteiger partial charge in [0.25, 0.3) is 5.91 Å². The quantitative estimate of drug-likeness (QED) is 0.280. The van der Waals surface area contributed by atoms with Gasteiger partial charge in [0.15, 0.2) is 5.17 Å². The molecule has 1 heterocycles. The molecule has 1 aliphatic rings. The fraction of sp³-hybridized carbons (Fsp3) is 0.185. The number of ether oxygens (including phenoxy) is 1. The highest BCUT2D eigenvalue weighted by Crippen LogP contribution is 2.35. The standard InChI is InChI=1S/C27H23Cl3N2O2S/c1-17(2)15-32-26(33)25(35-27(32)31-21-8-6-20(28)7-9-21)14-18-3-10-22(11-4-18)34-16-19-5-12-23(29)24(30)13-19/h3-14,17H,15-16H2,1-2H3/b25-14-,31-27?. The Bertz CT molecular complexity index is 1270. The molecule has 4 rings (SSSR count). The topological polar surface area (TPSA) is 41.9 Å². The fourth-order valence-corrected chi connectivity index (χ4v) is 4.81. The van der Waals surface area contributed by atoms with Crippen LogP contribution in [0.5, 0.6) is 5.75 Å². The molecule has 1 aliphatic heterocycles. The Labute approximate surface area is 224 Å². The Kier molecular flexibility index (Phi) is 8.45. The molecule has 0 aliphatic carbocycles. The smallest absolute Gasteiger partial charge is 0.266 e. The average Bonchev–Trinajstić information content (AvgIpc) is 3.10. The molecule has 1 saturated heterocycles. The number of amides is 1. The van der Waals surface area contributed by atoms with E-state index in [1.165, 1.54) is 11.8 Å². The number of halogens is 3. The number of rotatable bonds is 7. The van der Waals surface area contributed by atoms with Crippen LogP contribution in [0, 0.1) is 5.92 Å². The molecule has 3 aromatic carbocycles. The summed E-state index contributed by atoms with van der Waals surface area (Å²) in [6, 6.07) is 20.3. The Morgan fingerprint density at radius 1 is 0.971 bits per heavy atom. The van der Waals surface area contributed by atoms with Gasteiger partial charge in [-0.3, -0.25) is 9.69 Å². The van der Waals surface area contributed by atoms with E-state index in [0.717, 1.165) is 22.6 Å². The molecule has 0 N–H and O–H groups in total. The van der Waals surface area contributed by atoms with Crippen molar-refractivity contribution in [3.63, 3.8) is 0 Å². The highest BCUT2D eigenvalue weighted by molar-refractivity contribution is 8.18. The van der Waals surface area contributed by atoms with Crippen LogP contribution in [0.4, 0.5) is 5.69 Å². The average molecular weight is 546 g/mol. The summed E-state index contributed by atoms with van der Waals surface area (Å²) in [5, 5.41) is 2.33. The van der Waals surface area contributed by atoms with E-state index < -0.39 is 0 Å². The van der Waals surface area contributed by atoms with Gasteiger partial charge < -0.3 is 4.74 Å². The number of hydrogen-bond donors (Lipinski definition) is 0. The second kappa shape index (κ2) is 11.5. The first-order valence-corrected chi connectivity index (χ1v) is 13.0. The van der Waals surface area contributed by atoms with Gasteiger partial charge in [0.05, 0.1) is 20.6 Å². The van der Waals surface area contributed by atoms with Crippen molar-refractivity contribution in [2.24, 2.45) is 10.9 Å². The number of amidine groups is 1. The number of carbonyl (C=O) groups excluding carboxylic acids is 1. The van der Waals surface area contributed by atoms with Crippen LogP contribution in [0.25, 0.3) is 6.08 Å². The van der Waals surface area contributed by atoms with Crippen LogP contribution in [0.15, 0.2) is 76.6 Å². The minimum atomic E-state index is -0.0450. The summed E-state index contributed by atoms with van der Waals surface area (Å²) in [5.74, 6) is 0.979. The number of carbonyl (C=O) groups is 1. The molecule has 8 heteroatoms. The summed E-state index contributed by atoms with van der Waals surface area (Å²) >= 11 is 19.4. The van der Waals surface area contributed by atoms with E-state index in [4.69, 9.17) is 44.5 Å². The fourth-order valence-electron chi connectivity index (χ4n) is 3.35. The maximum absolute atomic E-state index is 13.2. The van der Waals surface area contributed by atoms with Crippen molar-refractivity contribution in [1.29, 1.82) is 0 Å². The van der Waals surface area contributed by atoms with Gasteiger partial charge in [-0.05, 0) is 83.4 Å². The van der Waals surface area contributed by atoms with Crippen LogP contribution < -0.4 is 4.74 Å². The first kappa shape index (κ1) is 25.6. The summed E-state index contributed by atoms with van der Waals surface area (Å²) in [6.45, 7) is 5.13. The predicted octanol–water partition coefficient (Wildman–Crippen LogP) is 8.49. The van der Waals surface area contributed by atoms with Crippen molar-refractivity contribution in [2.75, 3.05) is 6.54 Å². The zero-order chi connectivity index (χ0) is 24.9. The third-order valence-corrected chi connectivity index (χ3v) is 7.05. The Hall–Kier alpha value is -2.44. The molecule has 180 valence electrons. The number of aliphatic imine (C=N–C) groups is 1. The molecule has 0 bridgehead atoms. The molecule has 0 saturated carbocycles. The van der Waals surface area contributed by atoms with Crippen molar-refractivity contribution >= 4 is 69.4 Å². The van der Waals surface area contributed by atoms with Gasteiger partial charge in [-0.1, -0.05) is 66.8 Å². The van der Waals surface area contributed by atoms with Crippen molar-refractivity contribution in [1.82, 2.24) is 4.90 Å². The summed E-state index contributed by atoms with van der Waals surface area (Å²) in [4.78, 5) is 20.2. The monoisotopic (exact) mass is 544 g/mol. The van der Waals surface area contributed by atoms with Crippen molar-refractivity contribution < 1.29 is 9.53 Å². The Balaban J connectivity index is 1.49. The largest absolute Gasteiger partial charge is 0.489 e. The van der Waals surface area contributed by atoms with Crippen molar-refractivity contribution in [3.8, 4) is 5.75 Å². The lowest BCUT2D eigenvalue weighted by molar-refractivity contribution is -0.122. The first-order chi connectivity index (χ1) is 16.8. The molecule has 0 spiro atoms.